The molecule has 0 spiro atoms. The van der Waals surface area contributed by atoms with Crippen molar-refractivity contribution in [2.24, 2.45) is 5.10 Å². The Morgan fingerprint density at radius 3 is 2.79 bits per heavy atom. The lowest BCUT2D eigenvalue weighted by molar-refractivity contribution is -0.194. The van der Waals surface area contributed by atoms with Gasteiger partial charge in [-0.25, -0.2) is 5.01 Å². The van der Waals surface area contributed by atoms with Gasteiger partial charge in [0.15, 0.2) is 5.75 Å². The highest BCUT2D eigenvalue weighted by Gasteiger charge is 2.26. The van der Waals surface area contributed by atoms with Gasteiger partial charge in [0.25, 0.3) is 0 Å². The molecule has 1 unspecified atom stereocenters. The number of hydrogen-bond donors (Lipinski definition) is 1. The van der Waals surface area contributed by atoms with Crippen LogP contribution < -0.4 is 10.2 Å². The highest BCUT2D eigenvalue weighted by atomic mass is 17.2. The van der Waals surface area contributed by atoms with Gasteiger partial charge in [0.2, 0.25) is 12.3 Å². The molecule has 144 valence electrons. The van der Waals surface area contributed by atoms with Gasteiger partial charge in [-0.1, -0.05) is 19.1 Å². The van der Waals surface area contributed by atoms with Crippen LogP contribution in [0.3, 0.4) is 0 Å². The lowest BCUT2D eigenvalue weighted by Crippen LogP contribution is -2.28. The predicted octanol–water partition coefficient (Wildman–Crippen LogP) is 3.01. The normalized spacial score (nSPS) is 17.7. The number of benzene rings is 2. The number of amides is 2. The fourth-order valence-electron chi connectivity index (χ4n) is 3.38. The fraction of sp³-hybridized carbons (Fsp3) is 0.286. The summed E-state index contributed by atoms with van der Waals surface area (Å²) in [6.45, 7) is 4.14. The molecule has 2 aromatic carbocycles. The van der Waals surface area contributed by atoms with Crippen LogP contribution in [0.1, 0.15) is 42.5 Å². The average molecular weight is 379 g/mol. The zero-order valence-corrected chi connectivity index (χ0v) is 15.8. The quantitative estimate of drug-likeness (QED) is 0.654. The molecule has 2 aromatic rings. The Bertz CT molecular complexity index is 953. The van der Waals surface area contributed by atoms with Gasteiger partial charge in [0.05, 0.1) is 11.8 Å². The van der Waals surface area contributed by atoms with Crippen molar-refractivity contribution in [3.8, 4) is 5.75 Å². The molecule has 0 radical (unpaired) electrons. The number of fused-ring (bicyclic) bond motifs is 2. The van der Waals surface area contributed by atoms with Crippen LogP contribution in [0.2, 0.25) is 0 Å². The van der Waals surface area contributed by atoms with Crippen molar-refractivity contribution in [1.82, 2.24) is 5.01 Å². The second-order valence-electron chi connectivity index (χ2n) is 6.93. The standard InChI is InChI=1S/C21H21N3O4/c1-3-20(26)22-17-6-4-14(5-7-17)21-18-9-16-11-27-28-19(16)10-15(18)8-13(2)24(12-25)23-21/h4-7,9-10,12-13H,3,8,11H2,1-2H3,(H,22,26). The minimum absolute atomic E-state index is 0.0404. The van der Waals surface area contributed by atoms with Crippen molar-refractivity contribution in [2.75, 3.05) is 5.32 Å². The van der Waals surface area contributed by atoms with Crippen LogP contribution in [-0.4, -0.2) is 29.1 Å². The SMILES string of the molecule is CCC(=O)Nc1ccc(C2=NN(C=O)C(C)Cc3cc4c(cc32)COO4)cc1. The van der Waals surface area contributed by atoms with Crippen molar-refractivity contribution in [3.05, 3.63) is 58.7 Å². The lowest BCUT2D eigenvalue weighted by atomic mass is 9.92. The van der Waals surface area contributed by atoms with Gasteiger partial charge in [0, 0.05) is 28.8 Å². The van der Waals surface area contributed by atoms with Crippen molar-refractivity contribution in [2.45, 2.75) is 39.3 Å². The summed E-state index contributed by atoms with van der Waals surface area (Å²) in [4.78, 5) is 33.5. The minimum atomic E-state index is -0.0859. The van der Waals surface area contributed by atoms with Crippen molar-refractivity contribution < 1.29 is 19.4 Å². The van der Waals surface area contributed by atoms with E-state index in [0.29, 0.717) is 30.9 Å². The van der Waals surface area contributed by atoms with Crippen molar-refractivity contribution in [1.29, 1.82) is 0 Å². The van der Waals surface area contributed by atoms with Crippen LogP contribution in [0.25, 0.3) is 0 Å². The molecule has 0 bridgehead atoms. The van der Waals surface area contributed by atoms with E-state index in [-0.39, 0.29) is 11.9 Å². The first-order valence-electron chi connectivity index (χ1n) is 9.27. The Morgan fingerprint density at radius 1 is 1.29 bits per heavy atom. The molecule has 7 nitrogen and oxygen atoms in total. The first-order valence-corrected chi connectivity index (χ1v) is 9.27. The second-order valence-corrected chi connectivity index (χ2v) is 6.93. The summed E-state index contributed by atoms with van der Waals surface area (Å²) in [6, 6.07) is 11.4. The summed E-state index contributed by atoms with van der Waals surface area (Å²) >= 11 is 0. The maximum absolute atomic E-state index is 11.6. The summed E-state index contributed by atoms with van der Waals surface area (Å²) in [7, 11) is 0. The van der Waals surface area contributed by atoms with Gasteiger partial charge < -0.3 is 10.2 Å². The summed E-state index contributed by atoms with van der Waals surface area (Å²) in [5.74, 6) is 0.670. The van der Waals surface area contributed by atoms with Gasteiger partial charge in [-0.05, 0) is 43.2 Å². The van der Waals surface area contributed by atoms with Gasteiger partial charge in [0.1, 0.15) is 6.61 Å². The molecule has 2 aliphatic rings. The number of anilines is 1. The molecular formula is C21H21N3O4. The minimum Gasteiger partial charge on any atom is -0.337 e. The number of carbonyl (C=O) groups excluding carboxylic acids is 2. The third-order valence-corrected chi connectivity index (χ3v) is 4.96. The van der Waals surface area contributed by atoms with E-state index in [1.165, 1.54) is 5.01 Å². The van der Waals surface area contributed by atoms with Gasteiger partial charge in [-0.15, -0.1) is 0 Å². The molecule has 1 atom stereocenters. The number of rotatable bonds is 4. The molecule has 2 heterocycles. The number of nitrogens with zero attached hydrogens (tertiary/aromatic N) is 2. The molecule has 0 fully saturated rings. The van der Waals surface area contributed by atoms with E-state index < -0.39 is 0 Å². The topological polar surface area (TPSA) is 80.2 Å². The molecule has 2 amide bonds. The molecule has 0 saturated carbocycles. The molecular weight excluding hydrogens is 358 g/mol. The number of nitrogens with one attached hydrogen (secondary N) is 1. The van der Waals surface area contributed by atoms with Gasteiger partial charge in [-0.3, -0.25) is 9.59 Å². The summed E-state index contributed by atoms with van der Waals surface area (Å²) in [6.07, 6.45) is 1.82. The van der Waals surface area contributed by atoms with Crippen LogP contribution in [-0.2, 0) is 27.5 Å². The molecule has 2 aliphatic heterocycles. The molecule has 28 heavy (non-hydrogen) atoms. The monoisotopic (exact) mass is 379 g/mol. The van der Waals surface area contributed by atoms with Crippen molar-refractivity contribution >= 4 is 23.7 Å². The molecule has 7 heteroatoms. The van der Waals surface area contributed by atoms with Crippen LogP contribution in [0.4, 0.5) is 5.69 Å². The zero-order chi connectivity index (χ0) is 19.7. The molecule has 0 aliphatic carbocycles. The molecule has 0 saturated heterocycles. The first kappa shape index (κ1) is 18.2. The van der Waals surface area contributed by atoms with E-state index in [2.05, 4.69) is 10.4 Å². The van der Waals surface area contributed by atoms with E-state index in [1.807, 2.05) is 50.2 Å². The Morgan fingerprint density at radius 2 is 2.07 bits per heavy atom. The van der Waals surface area contributed by atoms with E-state index in [9.17, 15) is 9.59 Å². The molecule has 4 rings (SSSR count). The smallest absolute Gasteiger partial charge is 0.230 e. The Kier molecular flexibility index (Phi) is 4.83. The lowest BCUT2D eigenvalue weighted by Gasteiger charge is -2.17. The summed E-state index contributed by atoms with van der Waals surface area (Å²) in [5, 5.41) is 8.92. The Hall–Kier alpha value is -3.19. The van der Waals surface area contributed by atoms with Crippen LogP contribution in [0, 0.1) is 0 Å². The third kappa shape index (κ3) is 3.36. The highest BCUT2D eigenvalue weighted by Crippen LogP contribution is 2.33. The first-order chi connectivity index (χ1) is 13.6. The highest BCUT2D eigenvalue weighted by molar-refractivity contribution is 6.14. The van der Waals surface area contributed by atoms with E-state index in [0.717, 1.165) is 34.4 Å². The number of hydrogen-bond acceptors (Lipinski definition) is 5. The number of hydrazone groups is 1. The van der Waals surface area contributed by atoms with Crippen LogP contribution in [0.5, 0.6) is 5.75 Å². The van der Waals surface area contributed by atoms with E-state index >= 15 is 0 Å². The zero-order valence-electron chi connectivity index (χ0n) is 15.8. The Labute approximate surface area is 162 Å². The fourth-order valence-corrected chi connectivity index (χ4v) is 3.38. The van der Waals surface area contributed by atoms with Crippen LogP contribution >= 0.6 is 0 Å². The molecule has 0 aromatic heterocycles. The van der Waals surface area contributed by atoms with Crippen molar-refractivity contribution in [3.63, 3.8) is 0 Å². The van der Waals surface area contributed by atoms with Gasteiger partial charge >= 0.3 is 0 Å². The maximum atomic E-state index is 11.6. The second kappa shape index (κ2) is 7.44. The van der Waals surface area contributed by atoms with Gasteiger partial charge in [-0.2, -0.15) is 9.99 Å². The molecule has 1 N–H and O–H groups in total. The Balaban J connectivity index is 1.77. The van der Waals surface area contributed by atoms with E-state index in [1.54, 1.807) is 0 Å². The van der Waals surface area contributed by atoms with E-state index in [4.69, 9.17) is 9.78 Å². The average Bonchev–Trinajstić information content (AvgIpc) is 3.11. The summed E-state index contributed by atoms with van der Waals surface area (Å²) < 4.78 is 0. The number of carbonyl (C=O) groups is 2. The maximum Gasteiger partial charge on any atom is 0.230 e. The van der Waals surface area contributed by atoms with Crippen LogP contribution in [0.15, 0.2) is 41.5 Å². The largest absolute Gasteiger partial charge is 0.337 e. The summed E-state index contributed by atoms with van der Waals surface area (Å²) in [5.41, 5.74) is 5.23. The predicted molar refractivity (Wildman–Crippen MR) is 104 cm³/mol. The third-order valence-electron chi connectivity index (χ3n) is 4.96.